The molecule has 1 saturated heterocycles. The van der Waals surface area contributed by atoms with Gasteiger partial charge in [0.2, 0.25) is 0 Å². The van der Waals surface area contributed by atoms with Gasteiger partial charge in [-0.15, -0.1) is 0 Å². The first-order valence-electron chi connectivity index (χ1n) is 9.63. The molecule has 2 aliphatic rings. The van der Waals surface area contributed by atoms with E-state index in [-0.39, 0.29) is 0 Å². The summed E-state index contributed by atoms with van der Waals surface area (Å²) in [5.41, 5.74) is 7.71. The van der Waals surface area contributed by atoms with Crippen LogP contribution in [-0.2, 0) is 9.47 Å². The van der Waals surface area contributed by atoms with Crippen LogP contribution in [0.3, 0.4) is 0 Å². The van der Waals surface area contributed by atoms with Crippen LogP contribution in [0.25, 0.3) is 0 Å². The first kappa shape index (κ1) is 19.2. The van der Waals surface area contributed by atoms with Gasteiger partial charge in [0, 0.05) is 31.4 Å². The Morgan fingerprint density at radius 3 is 2.88 bits per heavy atom. The SMILES string of the molecule is C[N+]1(CCOCCNCCN2CCOc3cc(N)ccc32)CCOCC1. The van der Waals surface area contributed by atoms with Crippen LogP contribution in [0.5, 0.6) is 5.75 Å². The van der Waals surface area contributed by atoms with E-state index in [9.17, 15) is 0 Å². The molecule has 26 heavy (non-hydrogen) atoms. The van der Waals surface area contributed by atoms with Gasteiger partial charge < -0.3 is 34.6 Å². The first-order chi connectivity index (χ1) is 12.7. The zero-order valence-corrected chi connectivity index (χ0v) is 15.9. The maximum Gasteiger partial charge on any atom is 0.144 e. The molecule has 2 aliphatic heterocycles. The molecule has 3 N–H and O–H groups in total. The molecule has 146 valence electrons. The number of nitrogens with one attached hydrogen (secondary N) is 1. The standard InChI is InChI=1S/C19H33N4O3/c1-23(9-14-25-15-10-23)8-13-24-11-5-21-4-6-22-7-12-26-19-16-17(20)2-3-18(19)22/h2-3,16,21H,4-15,20H2,1H3/q+1. The van der Waals surface area contributed by atoms with Crippen molar-refractivity contribution in [2.45, 2.75) is 0 Å². The average molecular weight is 365 g/mol. The van der Waals surface area contributed by atoms with Crippen molar-refractivity contribution < 1.29 is 18.7 Å². The minimum atomic E-state index is 0.710. The van der Waals surface area contributed by atoms with Gasteiger partial charge in [-0.2, -0.15) is 0 Å². The van der Waals surface area contributed by atoms with E-state index in [1.165, 1.54) is 0 Å². The minimum Gasteiger partial charge on any atom is -0.489 e. The second-order valence-electron chi connectivity index (χ2n) is 7.33. The Kier molecular flexibility index (Phi) is 6.96. The summed E-state index contributed by atoms with van der Waals surface area (Å²) in [6.07, 6.45) is 0. The summed E-state index contributed by atoms with van der Waals surface area (Å²) in [5, 5.41) is 3.47. The van der Waals surface area contributed by atoms with Gasteiger partial charge in [-0.05, 0) is 12.1 Å². The zero-order valence-electron chi connectivity index (χ0n) is 15.9. The maximum absolute atomic E-state index is 5.83. The summed E-state index contributed by atoms with van der Waals surface area (Å²) in [5.74, 6) is 0.888. The Labute approximate surface area is 156 Å². The molecule has 0 atom stereocenters. The van der Waals surface area contributed by atoms with Crippen molar-refractivity contribution >= 4 is 11.4 Å². The lowest BCUT2D eigenvalue weighted by atomic mass is 10.2. The highest BCUT2D eigenvalue weighted by atomic mass is 16.5. The molecular formula is C19H33N4O3+. The molecular weight excluding hydrogens is 332 g/mol. The van der Waals surface area contributed by atoms with E-state index in [1.54, 1.807) is 0 Å². The van der Waals surface area contributed by atoms with Crippen LogP contribution < -0.4 is 20.7 Å². The summed E-state index contributed by atoms with van der Waals surface area (Å²) in [7, 11) is 2.29. The molecule has 7 heteroatoms. The van der Waals surface area contributed by atoms with Gasteiger partial charge in [-0.25, -0.2) is 0 Å². The second kappa shape index (κ2) is 9.41. The van der Waals surface area contributed by atoms with E-state index in [2.05, 4.69) is 17.3 Å². The van der Waals surface area contributed by atoms with Crippen molar-refractivity contribution in [1.82, 2.24) is 5.32 Å². The van der Waals surface area contributed by atoms with Gasteiger partial charge in [0.05, 0.1) is 45.7 Å². The average Bonchev–Trinajstić information content (AvgIpc) is 2.64. The third kappa shape index (κ3) is 5.48. The van der Waals surface area contributed by atoms with E-state index in [0.717, 1.165) is 93.8 Å². The number of nitrogens with two attached hydrogens (primary N) is 1. The normalized spacial score (nSPS) is 19.0. The zero-order chi connectivity index (χ0) is 18.2. The number of hydrogen-bond donors (Lipinski definition) is 2. The van der Waals surface area contributed by atoms with Crippen molar-refractivity contribution in [2.75, 3.05) is 96.5 Å². The molecule has 0 saturated carbocycles. The molecule has 0 radical (unpaired) electrons. The fraction of sp³-hybridized carbons (Fsp3) is 0.684. The van der Waals surface area contributed by atoms with Crippen LogP contribution >= 0.6 is 0 Å². The minimum absolute atomic E-state index is 0.710. The fourth-order valence-corrected chi connectivity index (χ4v) is 3.40. The van der Waals surface area contributed by atoms with E-state index >= 15 is 0 Å². The highest BCUT2D eigenvalue weighted by molar-refractivity contribution is 5.65. The van der Waals surface area contributed by atoms with Crippen molar-refractivity contribution in [2.24, 2.45) is 0 Å². The van der Waals surface area contributed by atoms with Crippen LogP contribution in [0.15, 0.2) is 18.2 Å². The Hall–Kier alpha value is -1.54. The lowest BCUT2D eigenvalue weighted by Crippen LogP contribution is -2.53. The lowest BCUT2D eigenvalue weighted by Gasteiger charge is -2.37. The maximum atomic E-state index is 5.83. The Balaban J connectivity index is 1.26. The summed E-state index contributed by atoms with van der Waals surface area (Å²) in [6.45, 7) is 10.9. The number of morpholine rings is 1. The molecule has 0 unspecified atom stereocenters. The summed E-state index contributed by atoms with van der Waals surface area (Å²) >= 11 is 0. The molecule has 0 amide bonds. The van der Waals surface area contributed by atoms with E-state index in [1.807, 2.05) is 18.2 Å². The highest BCUT2D eigenvalue weighted by Gasteiger charge is 2.24. The number of nitrogen functional groups attached to an aromatic ring is 1. The quantitative estimate of drug-likeness (QED) is 0.378. The van der Waals surface area contributed by atoms with Gasteiger partial charge >= 0.3 is 0 Å². The van der Waals surface area contributed by atoms with Crippen LogP contribution in [0, 0.1) is 0 Å². The summed E-state index contributed by atoms with van der Waals surface area (Å²) < 4.78 is 18.0. The number of likely N-dealkylation sites (N-methyl/N-ethyl adjacent to an activating group) is 1. The monoisotopic (exact) mass is 365 g/mol. The number of rotatable bonds is 9. The molecule has 1 aromatic rings. The number of nitrogens with zero attached hydrogens (tertiary/aromatic N) is 2. The smallest absolute Gasteiger partial charge is 0.144 e. The van der Waals surface area contributed by atoms with Crippen LogP contribution in [0.1, 0.15) is 0 Å². The van der Waals surface area contributed by atoms with E-state index in [0.29, 0.717) is 6.61 Å². The van der Waals surface area contributed by atoms with Crippen molar-refractivity contribution in [3.63, 3.8) is 0 Å². The highest BCUT2D eigenvalue weighted by Crippen LogP contribution is 2.32. The molecule has 0 aliphatic carbocycles. The summed E-state index contributed by atoms with van der Waals surface area (Å²) in [6, 6.07) is 5.88. The first-order valence-corrected chi connectivity index (χ1v) is 9.63. The van der Waals surface area contributed by atoms with E-state index < -0.39 is 0 Å². The van der Waals surface area contributed by atoms with Crippen LogP contribution in [0.2, 0.25) is 0 Å². The second-order valence-corrected chi connectivity index (χ2v) is 7.33. The van der Waals surface area contributed by atoms with Gasteiger partial charge in [-0.1, -0.05) is 0 Å². The molecule has 0 aromatic heterocycles. The van der Waals surface area contributed by atoms with Gasteiger partial charge in [0.25, 0.3) is 0 Å². The molecule has 0 bridgehead atoms. The molecule has 7 nitrogen and oxygen atoms in total. The number of anilines is 2. The van der Waals surface area contributed by atoms with E-state index in [4.69, 9.17) is 19.9 Å². The molecule has 0 spiro atoms. The Bertz CT molecular complexity index is 564. The van der Waals surface area contributed by atoms with Crippen molar-refractivity contribution in [1.29, 1.82) is 0 Å². The third-order valence-electron chi connectivity index (χ3n) is 5.25. The number of benzene rings is 1. The molecule has 2 heterocycles. The predicted octanol–water partition coefficient (Wildman–Crippen LogP) is 0.551. The lowest BCUT2D eigenvalue weighted by molar-refractivity contribution is -0.917. The number of fused-ring (bicyclic) bond motifs is 1. The number of quaternary nitrogens is 1. The van der Waals surface area contributed by atoms with Gasteiger partial charge in [-0.3, -0.25) is 0 Å². The van der Waals surface area contributed by atoms with Crippen LogP contribution in [-0.4, -0.2) is 90.4 Å². The Morgan fingerprint density at radius 1 is 1.19 bits per heavy atom. The largest absolute Gasteiger partial charge is 0.489 e. The molecule has 3 rings (SSSR count). The van der Waals surface area contributed by atoms with Gasteiger partial charge in [0.1, 0.15) is 32.0 Å². The molecule has 1 aromatic carbocycles. The predicted molar refractivity (Wildman–Crippen MR) is 104 cm³/mol. The van der Waals surface area contributed by atoms with Crippen molar-refractivity contribution in [3.8, 4) is 5.75 Å². The van der Waals surface area contributed by atoms with Crippen molar-refractivity contribution in [3.05, 3.63) is 18.2 Å². The topological polar surface area (TPSA) is 69.0 Å². The third-order valence-corrected chi connectivity index (χ3v) is 5.25. The summed E-state index contributed by atoms with van der Waals surface area (Å²) in [4.78, 5) is 2.34. The number of hydrogen-bond acceptors (Lipinski definition) is 6. The van der Waals surface area contributed by atoms with Gasteiger partial charge in [0.15, 0.2) is 0 Å². The molecule has 1 fully saturated rings. The fourth-order valence-electron chi connectivity index (χ4n) is 3.40. The van der Waals surface area contributed by atoms with Crippen LogP contribution in [0.4, 0.5) is 11.4 Å². The Morgan fingerprint density at radius 2 is 2.04 bits per heavy atom. The number of ether oxygens (including phenoxy) is 3.